The highest BCUT2D eigenvalue weighted by atomic mass is 16.2. The summed E-state index contributed by atoms with van der Waals surface area (Å²) in [6, 6.07) is 8.81. The molecule has 0 spiro atoms. The monoisotopic (exact) mass is 299 g/mol. The first-order chi connectivity index (χ1) is 10.4. The average Bonchev–Trinajstić information content (AvgIpc) is 2.45. The maximum atomic E-state index is 12.6. The number of nitrogens with zero attached hydrogens (tertiary/aromatic N) is 2. The van der Waals surface area contributed by atoms with E-state index in [1.807, 2.05) is 51.1 Å². The van der Waals surface area contributed by atoms with Crippen LogP contribution >= 0.6 is 0 Å². The van der Waals surface area contributed by atoms with Gasteiger partial charge in [0.2, 0.25) is 5.91 Å². The van der Waals surface area contributed by atoms with Crippen LogP contribution in [0.25, 0.3) is 0 Å². The van der Waals surface area contributed by atoms with Gasteiger partial charge in [0.25, 0.3) is 0 Å². The minimum atomic E-state index is -0.569. The highest BCUT2D eigenvalue weighted by molar-refractivity contribution is 5.94. The summed E-state index contributed by atoms with van der Waals surface area (Å²) in [5, 5.41) is 2.90. The zero-order valence-electron chi connectivity index (χ0n) is 13.4. The molecule has 0 bridgehead atoms. The van der Waals surface area contributed by atoms with Crippen molar-refractivity contribution >= 4 is 11.6 Å². The Bertz CT molecular complexity index is 750. The lowest BCUT2D eigenvalue weighted by molar-refractivity contribution is -0.119. The van der Waals surface area contributed by atoms with E-state index in [4.69, 9.17) is 0 Å². The molecule has 1 atom stereocenters. The quantitative estimate of drug-likeness (QED) is 0.944. The summed E-state index contributed by atoms with van der Waals surface area (Å²) >= 11 is 0. The fourth-order valence-electron chi connectivity index (χ4n) is 2.55. The normalized spacial score (nSPS) is 12.0. The van der Waals surface area contributed by atoms with Crippen molar-refractivity contribution in [1.29, 1.82) is 0 Å². The number of benzene rings is 1. The van der Waals surface area contributed by atoms with Crippen LogP contribution in [-0.2, 0) is 4.79 Å². The Morgan fingerprint density at radius 3 is 2.55 bits per heavy atom. The number of nitrogens with one attached hydrogen (secondary N) is 1. The summed E-state index contributed by atoms with van der Waals surface area (Å²) in [6.07, 6.45) is 0.517. The molecule has 0 aliphatic rings. The Labute approximate surface area is 130 Å². The maximum absolute atomic E-state index is 12.6. The summed E-state index contributed by atoms with van der Waals surface area (Å²) in [6.45, 7) is 7.40. The third kappa shape index (κ3) is 3.24. The molecule has 1 amide bonds. The molecule has 22 heavy (non-hydrogen) atoms. The number of anilines is 1. The number of aromatic nitrogens is 2. The molecule has 0 radical (unpaired) electrons. The van der Waals surface area contributed by atoms with Crippen molar-refractivity contribution in [2.75, 3.05) is 5.32 Å². The van der Waals surface area contributed by atoms with Crippen LogP contribution in [-0.4, -0.2) is 15.5 Å². The molecule has 0 fully saturated rings. The van der Waals surface area contributed by atoms with Gasteiger partial charge in [-0.2, -0.15) is 4.98 Å². The van der Waals surface area contributed by atoms with Crippen molar-refractivity contribution in [2.24, 2.45) is 0 Å². The summed E-state index contributed by atoms with van der Waals surface area (Å²) < 4.78 is 1.46. The molecule has 2 rings (SSSR count). The highest BCUT2D eigenvalue weighted by Gasteiger charge is 2.22. The molecule has 5 heteroatoms. The highest BCUT2D eigenvalue weighted by Crippen LogP contribution is 2.18. The van der Waals surface area contributed by atoms with Gasteiger partial charge in [0.1, 0.15) is 6.04 Å². The van der Waals surface area contributed by atoms with E-state index in [0.29, 0.717) is 12.1 Å². The molecule has 0 saturated heterocycles. The Morgan fingerprint density at radius 1 is 1.27 bits per heavy atom. The van der Waals surface area contributed by atoms with Gasteiger partial charge in [-0.1, -0.05) is 25.1 Å². The van der Waals surface area contributed by atoms with Gasteiger partial charge in [0, 0.05) is 17.1 Å². The Hall–Kier alpha value is -2.43. The predicted octanol–water partition coefficient (Wildman–Crippen LogP) is 2.76. The molecule has 1 N–H and O–H groups in total. The Morgan fingerprint density at radius 2 is 1.95 bits per heavy atom. The van der Waals surface area contributed by atoms with Crippen LogP contribution in [0.2, 0.25) is 0 Å². The van der Waals surface area contributed by atoms with Gasteiger partial charge < -0.3 is 5.32 Å². The standard InChI is InChI=1S/C17H21N3O2/c1-5-15(20-13(4)10-12(3)18-17(20)22)16(21)19-14-9-7-6-8-11(14)2/h6-10,15H,5H2,1-4H3,(H,19,21)/t15-/m1/s1. The molecule has 1 heterocycles. The van der Waals surface area contributed by atoms with E-state index in [0.717, 1.165) is 16.9 Å². The lowest BCUT2D eigenvalue weighted by Gasteiger charge is -2.20. The Balaban J connectivity index is 2.35. The minimum Gasteiger partial charge on any atom is -0.324 e. The van der Waals surface area contributed by atoms with Crippen LogP contribution in [0.3, 0.4) is 0 Å². The zero-order chi connectivity index (χ0) is 16.3. The molecule has 1 aromatic heterocycles. The topological polar surface area (TPSA) is 64.0 Å². The van der Waals surface area contributed by atoms with E-state index in [1.54, 1.807) is 6.92 Å². The first-order valence-corrected chi connectivity index (χ1v) is 7.37. The number of amides is 1. The van der Waals surface area contributed by atoms with Crippen molar-refractivity contribution in [3.63, 3.8) is 0 Å². The van der Waals surface area contributed by atoms with E-state index < -0.39 is 6.04 Å². The number of hydrogen-bond acceptors (Lipinski definition) is 3. The first kappa shape index (κ1) is 15.9. The number of carbonyl (C=O) groups is 1. The van der Waals surface area contributed by atoms with Crippen LogP contribution in [0, 0.1) is 20.8 Å². The molecule has 0 unspecified atom stereocenters. The van der Waals surface area contributed by atoms with E-state index in [1.165, 1.54) is 4.57 Å². The molecule has 1 aromatic carbocycles. The molecule has 0 saturated carbocycles. The summed E-state index contributed by atoms with van der Waals surface area (Å²) in [4.78, 5) is 28.7. The second kappa shape index (κ2) is 6.56. The van der Waals surface area contributed by atoms with E-state index >= 15 is 0 Å². The Kier molecular flexibility index (Phi) is 4.75. The number of para-hydroxylation sites is 1. The first-order valence-electron chi connectivity index (χ1n) is 7.37. The van der Waals surface area contributed by atoms with Gasteiger partial charge in [-0.3, -0.25) is 9.36 Å². The second-order valence-electron chi connectivity index (χ2n) is 5.42. The molecule has 116 valence electrons. The molecular formula is C17H21N3O2. The van der Waals surface area contributed by atoms with Crippen molar-refractivity contribution in [1.82, 2.24) is 9.55 Å². The largest absolute Gasteiger partial charge is 0.348 e. The predicted molar refractivity (Wildman–Crippen MR) is 87.1 cm³/mol. The fourth-order valence-corrected chi connectivity index (χ4v) is 2.55. The van der Waals surface area contributed by atoms with Gasteiger partial charge in [-0.05, 0) is 44.9 Å². The SMILES string of the molecule is CC[C@H](C(=O)Nc1ccccc1C)n1c(C)cc(C)nc1=O. The third-order valence-corrected chi connectivity index (χ3v) is 3.68. The van der Waals surface area contributed by atoms with Crippen LogP contribution in [0.15, 0.2) is 35.1 Å². The number of hydrogen-bond donors (Lipinski definition) is 1. The number of rotatable bonds is 4. The number of carbonyl (C=O) groups excluding carboxylic acids is 1. The van der Waals surface area contributed by atoms with Crippen molar-refractivity contribution < 1.29 is 4.79 Å². The van der Waals surface area contributed by atoms with Gasteiger partial charge in [0.15, 0.2) is 0 Å². The van der Waals surface area contributed by atoms with Gasteiger partial charge >= 0.3 is 5.69 Å². The third-order valence-electron chi connectivity index (χ3n) is 3.68. The number of aryl methyl sites for hydroxylation is 3. The minimum absolute atomic E-state index is 0.201. The van der Waals surface area contributed by atoms with Gasteiger partial charge in [-0.25, -0.2) is 4.79 Å². The second-order valence-corrected chi connectivity index (χ2v) is 5.42. The zero-order valence-corrected chi connectivity index (χ0v) is 13.4. The van der Waals surface area contributed by atoms with Crippen LogP contribution in [0.1, 0.15) is 36.3 Å². The van der Waals surface area contributed by atoms with E-state index in [9.17, 15) is 9.59 Å². The van der Waals surface area contributed by atoms with E-state index in [2.05, 4.69) is 10.3 Å². The maximum Gasteiger partial charge on any atom is 0.348 e. The fraction of sp³-hybridized carbons (Fsp3) is 0.353. The smallest absolute Gasteiger partial charge is 0.324 e. The molecule has 0 aliphatic carbocycles. The molecule has 2 aromatic rings. The van der Waals surface area contributed by atoms with Gasteiger partial charge in [0.05, 0.1) is 0 Å². The van der Waals surface area contributed by atoms with Crippen molar-refractivity contribution in [3.8, 4) is 0 Å². The lowest BCUT2D eigenvalue weighted by atomic mass is 10.1. The molecular weight excluding hydrogens is 278 g/mol. The van der Waals surface area contributed by atoms with Gasteiger partial charge in [-0.15, -0.1) is 0 Å². The average molecular weight is 299 g/mol. The van der Waals surface area contributed by atoms with Crippen molar-refractivity contribution in [2.45, 2.75) is 40.2 Å². The van der Waals surface area contributed by atoms with E-state index in [-0.39, 0.29) is 11.6 Å². The summed E-state index contributed by atoms with van der Waals surface area (Å²) in [5.74, 6) is -0.201. The molecule has 0 aliphatic heterocycles. The van der Waals surface area contributed by atoms with Crippen LogP contribution in [0.5, 0.6) is 0 Å². The summed E-state index contributed by atoms with van der Waals surface area (Å²) in [5.41, 5.74) is 2.76. The van der Waals surface area contributed by atoms with Crippen molar-refractivity contribution in [3.05, 3.63) is 57.8 Å². The van der Waals surface area contributed by atoms with Crippen LogP contribution < -0.4 is 11.0 Å². The molecule has 5 nitrogen and oxygen atoms in total. The van der Waals surface area contributed by atoms with Crippen LogP contribution in [0.4, 0.5) is 5.69 Å². The summed E-state index contributed by atoms with van der Waals surface area (Å²) in [7, 11) is 0. The lowest BCUT2D eigenvalue weighted by Crippen LogP contribution is -2.36.